The van der Waals surface area contributed by atoms with E-state index in [2.05, 4.69) is 31.2 Å². The van der Waals surface area contributed by atoms with Gasteiger partial charge in [-0.3, -0.25) is 9.59 Å². The number of aliphatic hydroxyl groups excluding tert-OH is 1. The maximum atomic E-state index is 11.8. The topological polar surface area (TPSA) is 72.8 Å². The molecule has 186 valence electrons. The van der Waals surface area contributed by atoms with Crippen molar-refractivity contribution < 1.29 is 24.2 Å². The maximum Gasteiger partial charge on any atom is 0.306 e. The highest BCUT2D eigenvalue weighted by Gasteiger charge is 2.14. The molecule has 0 aromatic carbocycles. The zero-order valence-corrected chi connectivity index (χ0v) is 20.7. The molecule has 5 heteroatoms. The lowest BCUT2D eigenvalue weighted by Crippen LogP contribution is -2.28. The van der Waals surface area contributed by atoms with Gasteiger partial charge in [0, 0.05) is 13.3 Å². The Morgan fingerprint density at radius 1 is 0.781 bits per heavy atom. The number of hydrogen-bond acceptors (Lipinski definition) is 5. The standard InChI is InChI=1S/C27H48O5/c1-3-4-5-6-7-8-9-10-11-12-13-14-15-16-17-18-19-20-21-22-27(30)32-26(23-28)24-31-25(2)29/h7-8,10-11,26,28H,3-6,9,12-24H2,1-2H3/b8-7-,11-10-. The maximum absolute atomic E-state index is 11.8. The van der Waals surface area contributed by atoms with E-state index in [0.29, 0.717) is 6.42 Å². The molecule has 0 aliphatic carbocycles. The molecule has 0 rings (SSSR count). The number of esters is 2. The average molecular weight is 453 g/mol. The van der Waals surface area contributed by atoms with Crippen molar-refractivity contribution in [3.05, 3.63) is 24.3 Å². The van der Waals surface area contributed by atoms with Gasteiger partial charge in [-0.1, -0.05) is 89.0 Å². The van der Waals surface area contributed by atoms with E-state index >= 15 is 0 Å². The highest BCUT2D eigenvalue weighted by atomic mass is 16.6. The fourth-order valence-corrected chi connectivity index (χ4v) is 3.37. The van der Waals surface area contributed by atoms with Crippen molar-refractivity contribution >= 4 is 11.9 Å². The first-order valence-corrected chi connectivity index (χ1v) is 12.8. The molecule has 0 aliphatic rings. The quantitative estimate of drug-likeness (QED) is 0.111. The van der Waals surface area contributed by atoms with Gasteiger partial charge in [0.15, 0.2) is 6.10 Å². The molecule has 0 aliphatic heterocycles. The Balaban J connectivity index is 3.39. The van der Waals surface area contributed by atoms with Crippen LogP contribution in [0.25, 0.3) is 0 Å². The summed E-state index contributed by atoms with van der Waals surface area (Å²) in [7, 11) is 0. The van der Waals surface area contributed by atoms with Gasteiger partial charge < -0.3 is 14.6 Å². The Morgan fingerprint density at radius 3 is 1.84 bits per heavy atom. The van der Waals surface area contributed by atoms with Crippen LogP contribution in [0.2, 0.25) is 0 Å². The van der Waals surface area contributed by atoms with Gasteiger partial charge in [-0.2, -0.15) is 0 Å². The molecular weight excluding hydrogens is 404 g/mol. The molecule has 0 heterocycles. The molecule has 1 unspecified atom stereocenters. The van der Waals surface area contributed by atoms with Crippen molar-refractivity contribution in [3.8, 4) is 0 Å². The minimum atomic E-state index is -0.765. The van der Waals surface area contributed by atoms with E-state index in [0.717, 1.165) is 25.7 Å². The highest BCUT2D eigenvalue weighted by molar-refractivity contribution is 5.69. The lowest BCUT2D eigenvalue weighted by molar-refractivity contribution is -0.160. The number of ether oxygens (including phenoxy) is 2. The summed E-state index contributed by atoms with van der Waals surface area (Å²) in [5.41, 5.74) is 0. The van der Waals surface area contributed by atoms with Gasteiger partial charge in [0.05, 0.1) is 6.61 Å². The number of carbonyl (C=O) groups excluding carboxylic acids is 2. The van der Waals surface area contributed by atoms with Crippen LogP contribution in [0, 0.1) is 0 Å². The normalized spacial score (nSPS) is 12.5. The summed E-state index contributed by atoms with van der Waals surface area (Å²) in [6.45, 7) is 3.09. The van der Waals surface area contributed by atoms with Crippen molar-refractivity contribution in [1.29, 1.82) is 0 Å². The Hall–Kier alpha value is -1.62. The third-order valence-corrected chi connectivity index (χ3v) is 5.31. The Morgan fingerprint density at radius 2 is 1.31 bits per heavy atom. The Bertz CT molecular complexity index is 498. The first kappa shape index (κ1) is 30.4. The lowest BCUT2D eigenvalue weighted by Gasteiger charge is -2.15. The van der Waals surface area contributed by atoms with E-state index in [1.54, 1.807) is 0 Å². The zero-order chi connectivity index (χ0) is 23.7. The van der Waals surface area contributed by atoms with Crippen LogP contribution >= 0.6 is 0 Å². The number of hydrogen-bond donors (Lipinski definition) is 1. The molecule has 0 aromatic heterocycles. The molecule has 0 fully saturated rings. The van der Waals surface area contributed by atoms with Gasteiger partial charge in [0.2, 0.25) is 0 Å². The molecule has 1 atom stereocenters. The van der Waals surface area contributed by atoms with Gasteiger partial charge in [-0.15, -0.1) is 0 Å². The first-order valence-electron chi connectivity index (χ1n) is 12.8. The van der Waals surface area contributed by atoms with E-state index in [4.69, 9.17) is 14.6 Å². The van der Waals surface area contributed by atoms with Crippen LogP contribution in [0.4, 0.5) is 0 Å². The summed E-state index contributed by atoms with van der Waals surface area (Å²) in [5, 5.41) is 9.15. The van der Waals surface area contributed by atoms with Crippen LogP contribution in [0.3, 0.4) is 0 Å². The van der Waals surface area contributed by atoms with Crippen LogP contribution < -0.4 is 0 Å². The molecular formula is C27H48O5. The van der Waals surface area contributed by atoms with Crippen LogP contribution in [-0.2, 0) is 19.1 Å². The number of allylic oxidation sites excluding steroid dienone is 4. The van der Waals surface area contributed by atoms with Crippen molar-refractivity contribution in [3.63, 3.8) is 0 Å². The molecule has 0 saturated carbocycles. The molecule has 0 aromatic rings. The van der Waals surface area contributed by atoms with E-state index < -0.39 is 12.1 Å². The second-order valence-electron chi connectivity index (χ2n) is 8.49. The van der Waals surface area contributed by atoms with E-state index in [1.165, 1.54) is 77.6 Å². The summed E-state index contributed by atoms with van der Waals surface area (Å²) in [6.07, 6.45) is 26.8. The van der Waals surface area contributed by atoms with E-state index in [1.807, 2.05) is 0 Å². The van der Waals surface area contributed by atoms with Crippen molar-refractivity contribution in [2.75, 3.05) is 13.2 Å². The number of rotatable bonds is 22. The molecule has 1 N–H and O–H groups in total. The number of carbonyl (C=O) groups is 2. The molecule has 0 spiro atoms. The highest BCUT2D eigenvalue weighted by Crippen LogP contribution is 2.12. The third-order valence-electron chi connectivity index (χ3n) is 5.31. The summed E-state index contributed by atoms with van der Waals surface area (Å²) in [4.78, 5) is 22.5. The van der Waals surface area contributed by atoms with Crippen LogP contribution in [-0.4, -0.2) is 36.4 Å². The largest absolute Gasteiger partial charge is 0.462 e. The lowest BCUT2D eigenvalue weighted by atomic mass is 10.1. The van der Waals surface area contributed by atoms with Crippen LogP contribution in [0.1, 0.15) is 117 Å². The second-order valence-corrected chi connectivity index (χ2v) is 8.49. The fourth-order valence-electron chi connectivity index (χ4n) is 3.37. The molecule has 5 nitrogen and oxygen atoms in total. The predicted molar refractivity (Wildman–Crippen MR) is 131 cm³/mol. The molecule has 32 heavy (non-hydrogen) atoms. The summed E-state index contributed by atoms with van der Waals surface area (Å²) >= 11 is 0. The van der Waals surface area contributed by atoms with Crippen molar-refractivity contribution in [1.82, 2.24) is 0 Å². The van der Waals surface area contributed by atoms with Crippen molar-refractivity contribution in [2.45, 2.75) is 123 Å². The van der Waals surface area contributed by atoms with Crippen molar-refractivity contribution in [2.24, 2.45) is 0 Å². The van der Waals surface area contributed by atoms with Gasteiger partial charge >= 0.3 is 11.9 Å². The number of unbranched alkanes of at least 4 members (excludes halogenated alkanes) is 12. The summed E-state index contributed by atoms with van der Waals surface area (Å²) in [6, 6.07) is 0. The zero-order valence-electron chi connectivity index (χ0n) is 20.7. The second kappa shape index (κ2) is 24.0. The summed E-state index contributed by atoms with van der Waals surface area (Å²) in [5.74, 6) is -0.791. The molecule has 0 bridgehead atoms. The van der Waals surface area contributed by atoms with Gasteiger partial charge in [-0.25, -0.2) is 0 Å². The number of aliphatic hydroxyl groups is 1. The van der Waals surface area contributed by atoms with Gasteiger partial charge in [-0.05, 0) is 38.5 Å². The van der Waals surface area contributed by atoms with E-state index in [-0.39, 0.29) is 19.2 Å². The predicted octanol–water partition coefficient (Wildman–Crippen LogP) is 6.83. The summed E-state index contributed by atoms with van der Waals surface area (Å²) < 4.78 is 9.87. The minimum Gasteiger partial charge on any atom is -0.462 e. The van der Waals surface area contributed by atoms with E-state index in [9.17, 15) is 9.59 Å². The molecule has 0 amide bonds. The minimum absolute atomic E-state index is 0.0929. The third kappa shape index (κ3) is 23.1. The smallest absolute Gasteiger partial charge is 0.306 e. The van der Waals surface area contributed by atoms with Crippen LogP contribution in [0.5, 0.6) is 0 Å². The Kier molecular flexibility index (Phi) is 22.8. The fraction of sp³-hybridized carbons (Fsp3) is 0.778. The van der Waals surface area contributed by atoms with Gasteiger partial charge in [0.25, 0.3) is 0 Å². The van der Waals surface area contributed by atoms with Gasteiger partial charge in [0.1, 0.15) is 6.61 Å². The SMILES string of the molecule is CCCCC/C=C\C/C=C\CCCCCCCCCCCC(=O)OC(CO)COC(C)=O. The first-order chi connectivity index (χ1) is 15.6. The molecule has 0 saturated heterocycles. The van der Waals surface area contributed by atoms with Crippen LogP contribution in [0.15, 0.2) is 24.3 Å². The molecule has 0 radical (unpaired) electrons. The average Bonchev–Trinajstić information content (AvgIpc) is 2.78. The monoisotopic (exact) mass is 452 g/mol. The Labute approximate surface area is 196 Å².